The summed E-state index contributed by atoms with van der Waals surface area (Å²) in [5.74, 6) is 0. The number of sulfone groups is 1. The molecule has 2 nitrogen and oxygen atoms in total. The first-order chi connectivity index (χ1) is 5.71. The van der Waals surface area contributed by atoms with Gasteiger partial charge in [-0.05, 0) is 25.0 Å². The lowest BCUT2D eigenvalue weighted by Crippen LogP contribution is -2.00. The molecule has 1 aliphatic carbocycles. The Balaban J connectivity index is 2.42. The van der Waals surface area contributed by atoms with Crippen LogP contribution in [0.5, 0.6) is 0 Å². The molecule has 0 bridgehead atoms. The number of hydrogen-bond donors (Lipinski definition) is 0. The fourth-order valence-electron chi connectivity index (χ4n) is 1.09. The minimum absolute atomic E-state index is 0.428. The van der Waals surface area contributed by atoms with Crippen LogP contribution in [0.15, 0.2) is 35.2 Å². The quantitative estimate of drug-likeness (QED) is 0.697. The van der Waals surface area contributed by atoms with E-state index in [0.717, 1.165) is 12.8 Å². The largest absolute Gasteiger partial charge is 0.223 e. The highest BCUT2D eigenvalue weighted by Crippen LogP contribution is 2.41. The van der Waals surface area contributed by atoms with Crippen LogP contribution in [-0.2, 0) is 9.84 Å². The molecule has 0 saturated heterocycles. The van der Waals surface area contributed by atoms with Crippen molar-refractivity contribution in [3.63, 3.8) is 0 Å². The van der Waals surface area contributed by atoms with Crippen molar-refractivity contribution in [1.82, 2.24) is 0 Å². The summed E-state index contributed by atoms with van der Waals surface area (Å²) in [6.07, 6.45) is 1.49. The molecule has 0 amide bonds. The zero-order valence-corrected chi connectivity index (χ0v) is 7.34. The molecule has 2 rings (SSSR count). The zero-order valence-electron chi connectivity index (χ0n) is 6.53. The highest BCUT2D eigenvalue weighted by Gasteiger charge is 2.37. The van der Waals surface area contributed by atoms with E-state index in [1.54, 1.807) is 24.3 Å². The van der Waals surface area contributed by atoms with Gasteiger partial charge in [-0.25, -0.2) is 8.42 Å². The van der Waals surface area contributed by atoms with E-state index in [1.165, 1.54) is 0 Å². The molecule has 0 aromatic heterocycles. The number of hydrogen-bond acceptors (Lipinski definition) is 2. The van der Waals surface area contributed by atoms with Gasteiger partial charge in [0.1, 0.15) is 0 Å². The van der Waals surface area contributed by atoms with Gasteiger partial charge in [-0.1, -0.05) is 18.2 Å². The van der Waals surface area contributed by atoms with E-state index in [0.29, 0.717) is 10.1 Å². The molecule has 1 fully saturated rings. The summed E-state index contributed by atoms with van der Waals surface area (Å²) < 4.78 is 23.1. The van der Waals surface area contributed by atoms with E-state index in [-0.39, 0.29) is 0 Å². The fourth-order valence-corrected chi connectivity index (χ4v) is 2.57. The second-order valence-electron chi connectivity index (χ2n) is 2.86. The van der Waals surface area contributed by atoms with Gasteiger partial charge in [0.25, 0.3) is 0 Å². The highest BCUT2D eigenvalue weighted by molar-refractivity contribution is 7.94. The van der Waals surface area contributed by atoms with Gasteiger partial charge >= 0.3 is 0 Å². The van der Waals surface area contributed by atoms with Crippen LogP contribution in [0.2, 0.25) is 0 Å². The first-order valence-corrected chi connectivity index (χ1v) is 5.34. The summed E-state index contributed by atoms with van der Waals surface area (Å²) in [5, 5.41) is 0.675. The lowest BCUT2D eigenvalue weighted by atomic mass is 10.4. The Kier molecular flexibility index (Phi) is 1.68. The van der Waals surface area contributed by atoms with Crippen LogP contribution in [0, 0.1) is 5.25 Å². The third-order valence-corrected chi connectivity index (χ3v) is 3.95. The summed E-state index contributed by atoms with van der Waals surface area (Å²) in [7, 11) is -3.05. The first kappa shape index (κ1) is 7.80. The van der Waals surface area contributed by atoms with E-state index in [1.807, 2.05) is 6.07 Å². The topological polar surface area (TPSA) is 34.1 Å². The Bertz CT molecular complexity index is 363. The lowest BCUT2D eigenvalue weighted by molar-refractivity contribution is 0.600. The van der Waals surface area contributed by atoms with Crippen molar-refractivity contribution in [2.24, 2.45) is 0 Å². The minimum atomic E-state index is -3.05. The van der Waals surface area contributed by atoms with Crippen LogP contribution < -0.4 is 0 Å². The minimum Gasteiger partial charge on any atom is -0.223 e. The van der Waals surface area contributed by atoms with Crippen LogP contribution >= 0.6 is 0 Å². The van der Waals surface area contributed by atoms with Crippen LogP contribution in [0.3, 0.4) is 0 Å². The molecule has 0 heterocycles. The zero-order chi connectivity index (χ0) is 8.60. The van der Waals surface area contributed by atoms with Crippen molar-refractivity contribution in [3.8, 4) is 0 Å². The van der Waals surface area contributed by atoms with Gasteiger partial charge in [-0.15, -0.1) is 0 Å². The van der Waals surface area contributed by atoms with E-state index in [9.17, 15) is 8.42 Å². The normalized spacial score (nSPS) is 17.7. The average Bonchev–Trinajstić information content (AvgIpc) is 2.88. The molecule has 1 aromatic carbocycles. The summed E-state index contributed by atoms with van der Waals surface area (Å²) in [4.78, 5) is 0.428. The van der Waals surface area contributed by atoms with Gasteiger partial charge in [0.05, 0.1) is 10.1 Å². The number of rotatable bonds is 2. The van der Waals surface area contributed by atoms with Gasteiger partial charge < -0.3 is 0 Å². The van der Waals surface area contributed by atoms with Gasteiger partial charge in [-0.2, -0.15) is 0 Å². The SMILES string of the molecule is O=S(=O)([C]1CC1)c1ccccc1. The van der Waals surface area contributed by atoms with E-state index >= 15 is 0 Å². The summed E-state index contributed by atoms with van der Waals surface area (Å²) in [6.45, 7) is 0. The molecule has 1 radical (unpaired) electrons. The van der Waals surface area contributed by atoms with Gasteiger partial charge in [0.15, 0.2) is 9.84 Å². The Morgan fingerprint density at radius 3 is 2.08 bits per heavy atom. The maximum absolute atomic E-state index is 11.6. The maximum Gasteiger partial charge on any atom is 0.185 e. The Morgan fingerprint density at radius 2 is 1.58 bits per heavy atom. The van der Waals surface area contributed by atoms with Crippen LogP contribution in [0.4, 0.5) is 0 Å². The van der Waals surface area contributed by atoms with Gasteiger partial charge in [0.2, 0.25) is 0 Å². The molecule has 3 heteroatoms. The third-order valence-electron chi connectivity index (χ3n) is 1.89. The predicted octanol–water partition coefficient (Wildman–Crippen LogP) is 1.79. The van der Waals surface area contributed by atoms with Crippen LogP contribution in [0.1, 0.15) is 12.8 Å². The molecular formula is C9H9O2S. The smallest absolute Gasteiger partial charge is 0.185 e. The van der Waals surface area contributed by atoms with Crippen LogP contribution in [-0.4, -0.2) is 8.42 Å². The Morgan fingerprint density at radius 1 is 1.00 bits per heavy atom. The van der Waals surface area contributed by atoms with Gasteiger partial charge in [-0.3, -0.25) is 0 Å². The second-order valence-corrected chi connectivity index (χ2v) is 4.91. The predicted molar refractivity (Wildman–Crippen MR) is 46.1 cm³/mol. The van der Waals surface area contributed by atoms with Crippen molar-refractivity contribution in [2.75, 3.05) is 0 Å². The summed E-state index contributed by atoms with van der Waals surface area (Å²) in [5.41, 5.74) is 0. The van der Waals surface area contributed by atoms with E-state index in [2.05, 4.69) is 0 Å². The third kappa shape index (κ3) is 1.25. The molecule has 63 valence electrons. The molecule has 0 atom stereocenters. The summed E-state index contributed by atoms with van der Waals surface area (Å²) >= 11 is 0. The second kappa shape index (κ2) is 2.59. The molecule has 1 aromatic rings. The van der Waals surface area contributed by atoms with E-state index in [4.69, 9.17) is 0 Å². The van der Waals surface area contributed by atoms with Crippen molar-refractivity contribution in [1.29, 1.82) is 0 Å². The molecule has 12 heavy (non-hydrogen) atoms. The fraction of sp³-hybridized carbons (Fsp3) is 0.222. The number of benzene rings is 1. The lowest BCUT2D eigenvalue weighted by Gasteiger charge is -1.99. The van der Waals surface area contributed by atoms with E-state index < -0.39 is 9.84 Å². The average molecular weight is 181 g/mol. The van der Waals surface area contributed by atoms with Crippen molar-refractivity contribution in [2.45, 2.75) is 17.7 Å². The Hall–Kier alpha value is -0.830. The first-order valence-electron chi connectivity index (χ1n) is 3.86. The molecule has 0 spiro atoms. The van der Waals surface area contributed by atoms with Gasteiger partial charge in [0, 0.05) is 0 Å². The Labute approximate surface area is 72.1 Å². The standard InChI is InChI=1S/C9H9O2S/c10-12(11,9-6-7-9)8-4-2-1-3-5-8/h1-5H,6-7H2. The molecule has 1 saturated carbocycles. The van der Waals surface area contributed by atoms with Crippen molar-refractivity contribution >= 4 is 9.84 Å². The molecule has 0 aliphatic heterocycles. The molecule has 1 aliphatic rings. The summed E-state index contributed by atoms with van der Waals surface area (Å²) in [6, 6.07) is 8.59. The maximum atomic E-state index is 11.6. The van der Waals surface area contributed by atoms with Crippen molar-refractivity contribution < 1.29 is 8.42 Å². The molecule has 0 unspecified atom stereocenters. The van der Waals surface area contributed by atoms with Crippen molar-refractivity contribution in [3.05, 3.63) is 35.6 Å². The molecular weight excluding hydrogens is 172 g/mol. The highest BCUT2D eigenvalue weighted by atomic mass is 32.2. The van der Waals surface area contributed by atoms with Crippen LogP contribution in [0.25, 0.3) is 0 Å². The molecule has 0 N–H and O–H groups in total. The monoisotopic (exact) mass is 181 g/mol.